The maximum Gasteiger partial charge on any atom is 0.256 e. The van der Waals surface area contributed by atoms with E-state index >= 15 is 0 Å². The van der Waals surface area contributed by atoms with Crippen LogP contribution in [-0.4, -0.2) is 55.1 Å². The van der Waals surface area contributed by atoms with Crippen LogP contribution in [0, 0.1) is 5.92 Å². The van der Waals surface area contributed by atoms with Crippen molar-refractivity contribution in [3.8, 4) is 0 Å². The molecule has 0 aliphatic carbocycles. The van der Waals surface area contributed by atoms with Gasteiger partial charge in [0.1, 0.15) is 5.82 Å². The number of pyridine rings is 1. The fraction of sp³-hybridized carbons (Fsp3) is 0.308. The highest BCUT2D eigenvalue weighted by molar-refractivity contribution is 6.06. The van der Waals surface area contributed by atoms with Crippen LogP contribution in [0.25, 0.3) is 0 Å². The van der Waals surface area contributed by atoms with Crippen LogP contribution < -0.4 is 21.8 Å². The molecule has 3 rings (SSSR count). The van der Waals surface area contributed by atoms with Crippen LogP contribution in [0.2, 0.25) is 0 Å². The van der Waals surface area contributed by atoms with Gasteiger partial charge in [0.15, 0.2) is 12.1 Å². The molecule has 1 saturated heterocycles. The molecule has 1 atom stereocenters. The molecule has 184 valence electrons. The topological polar surface area (TPSA) is 125 Å². The second kappa shape index (κ2) is 12.5. The zero-order chi connectivity index (χ0) is 25.2. The summed E-state index contributed by atoms with van der Waals surface area (Å²) in [6, 6.07) is 12.2. The van der Waals surface area contributed by atoms with E-state index in [-0.39, 0.29) is 17.7 Å². The number of nitrogens with two attached hydrogens (primary N) is 1. The first-order chi connectivity index (χ1) is 17.0. The van der Waals surface area contributed by atoms with Gasteiger partial charge >= 0.3 is 0 Å². The normalized spacial score (nSPS) is 17.5. The molecule has 1 aliphatic rings. The van der Waals surface area contributed by atoms with Crippen molar-refractivity contribution in [2.24, 2.45) is 16.8 Å². The van der Waals surface area contributed by atoms with Crippen molar-refractivity contribution in [1.29, 1.82) is 0 Å². The van der Waals surface area contributed by atoms with E-state index in [9.17, 15) is 9.59 Å². The van der Waals surface area contributed by atoms with Crippen LogP contribution in [0.4, 0.5) is 11.5 Å². The number of hydrazone groups is 1. The molecule has 1 unspecified atom stereocenters. The Bertz CT molecular complexity index is 1110. The standard InChI is InChI=1S/C26H33N7O2/c1-4-7-21(19-13-15-33(3)16-19)22(17-34)24(25(27)32-28-2)30-20-11-9-18(10-12-20)26(35)31-23-8-5-6-14-29-23/h5-12,14,17,19,28,30H,4,13,15-16H2,1-3H3,(H2,27,32)(H,29,31,35)/b21-7+,24-22-. The number of carbonyl (C=O) groups is 2. The van der Waals surface area contributed by atoms with Gasteiger partial charge in [-0.3, -0.25) is 9.59 Å². The number of amidine groups is 1. The van der Waals surface area contributed by atoms with Crippen LogP contribution in [0.15, 0.2) is 76.7 Å². The predicted octanol–water partition coefficient (Wildman–Crippen LogP) is 2.98. The van der Waals surface area contributed by atoms with Crippen LogP contribution in [-0.2, 0) is 4.79 Å². The number of nitrogens with one attached hydrogen (secondary N) is 3. The summed E-state index contributed by atoms with van der Waals surface area (Å²) in [7, 11) is 3.73. The molecule has 1 fully saturated rings. The fourth-order valence-electron chi connectivity index (χ4n) is 4.10. The van der Waals surface area contributed by atoms with Gasteiger partial charge in [-0.05, 0) is 74.3 Å². The van der Waals surface area contributed by atoms with Crippen molar-refractivity contribution in [3.05, 3.63) is 77.1 Å². The molecule has 2 aromatic rings. The summed E-state index contributed by atoms with van der Waals surface area (Å²) in [4.78, 5) is 31.3. The average Bonchev–Trinajstić information content (AvgIpc) is 3.30. The number of amides is 1. The van der Waals surface area contributed by atoms with E-state index in [1.165, 1.54) is 0 Å². The van der Waals surface area contributed by atoms with Crippen molar-refractivity contribution in [2.75, 3.05) is 37.8 Å². The molecule has 1 aromatic carbocycles. The Balaban J connectivity index is 1.90. The van der Waals surface area contributed by atoms with Gasteiger partial charge in [-0.2, -0.15) is 5.10 Å². The molecule has 1 aromatic heterocycles. The van der Waals surface area contributed by atoms with E-state index < -0.39 is 0 Å². The van der Waals surface area contributed by atoms with E-state index in [1.807, 2.05) is 6.92 Å². The molecule has 9 nitrogen and oxygen atoms in total. The van der Waals surface area contributed by atoms with E-state index in [0.29, 0.717) is 28.3 Å². The lowest BCUT2D eigenvalue weighted by Crippen LogP contribution is -2.27. The molecule has 2 heterocycles. The summed E-state index contributed by atoms with van der Waals surface area (Å²) in [5, 5.41) is 10.1. The Kier molecular flexibility index (Phi) is 9.14. The number of hydrogen-bond donors (Lipinski definition) is 4. The van der Waals surface area contributed by atoms with Crippen molar-refractivity contribution < 1.29 is 9.59 Å². The maximum atomic E-state index is 12.5. The highest BCUT2D eigenvalue weighted by atomic mass is 16.1. The number of anilines is 2. The molecular formula is C26H33N7O2. The third-order valence-electron chi connectivity index (χ3n) is 5.76. The number of rotatable bonds is 10. The second-order valence-corrected chi connectivity index (χ2v) is 8.31. The van der Waals surface area contributed by atoms with Gasteiger partial charge in [0.05, 0.1) is 5.70 Å². The van der Waals surface area contributed by atoms with Crippen LogP contribution >= 0.6 is 0 Å². The second-order valence-electron chi connectivity index (χ2n) is 8.31. The zero-order valence-electron chi connectivity index (χ0n) is 20.4. The van der Waals surface area contributed by atoms with Crippen molar-refractivity contribution >= 4 is 29.5 Å². The molecule has 0 bridgehead atoms. The summed E-state index contributed by atoms with van der Waals surface area (Å²) < 4.78 is 0. The predicted molar refractivity (Wildman–Crippen MR) is 140 cm³/mol. The first-order valence-corrected chi connectivity index (χ1v) is 11.6. The van der Waals surface area contributed by atoms with Crippen LogP contribution in [0.1, 0.15) is 30.1 Å². The van der Waals surface area contributed by atoms with Crippen LogP contribution in [0.5, 0.6) is 0 Å². The molecule has 0 radical (unpaired) electrons. The Morgan fingerprint density at radius 2 is 2.00 bits per heavy atom. The van der Waals surface area contributed by atoms with Gasteiger partial charge in [-0.25, -0.2) is 4.98 Å². The first-order valence-electron chi connectivity index (χ1n) is 11.6. The number of benzene rings is 1. The van der Waals surface area contributed by atoms with Gasteiger partial charge in [-0.1, -0.05) is 19.1 Å². The Morgan fingerprint density at radius 1 is 1.23 bits per heavy atom. The summed E-state index contributed by atoms with van der Waals surface area (Å²) >= 11 is 0. The molecule has 5 N–H and O–H groups in total. The van der Waals surface area contributed by atoms with E-state index in [0.717, 1.165) is 37.8 Å². The van der Waals surface area contributed by atoms with Crippen molar-refractivity contribution in [3.63, 3.8) is 0 Å². The minimum atomic E-state index is -0.269. The van der Waals surface area contributed by atoms with Gasteiger partial charge in [-0.15, -0.1) is 0 Å². The molecular weight excluding hydrogens is 442 g/mol. The molecule has 9 heteroatoms. The lowest BCUT2D eigenvalue weighted by atomic mass is 9.89. The molecule has 1 aliphatic heterocycles. The summed E-state index contributed by atoms with van der Waals surface area (Å²) in [6.07, 6.45) is 6.31. The van der Waals surface area contributed by atoms with Crippen LogP contribution in [0.3, 0.4) is 0 Å². The minimum Gasteiger partial charge on any atom is -0.381 e. The Morgan fingerprint density at radius 3 is 2.57 bits per heavy atom. The minimum absolute atomic E-state index is 0.167. The number of carbonyl (C=O) groups excluding carboxylic acids is 2. The maximum absolute atomic E-state index is 12.5. The van der Waals surface area contributed by atoms with E-state index in [2.05, 4.69) is 44.2 Å². The number of allylic oxidation sites excluding steroid dienone is 2. The summed E-state index contributed by atoms with van der Waals surface area (Å²) in [6.45, 7) is 3.90. The monoisotopic (exact) mass is 475 g/mol. The lowest BCUT2D eigenvalue weighted by molar-refractivity contribution is -0.104. The SMILES string of the molecule is CC/C=C(/C(C=O)=C(Nc1ccc(C(=O)Nc2ccccn2)cc1)/C(N)=N\NC)C1CCN(C)C1. The van der Waals surface area contributed by atoms with E-state index in [1.54, 1.807) is 55.7 Å². The third-order valence-corrected chi connectivity index (χ3v) is 5.76. The lowest BCUT2D eigenvalue weighted by Gasteiger charge is -2.20. The number of likely N-dealkylation sites (tertiary alicyclic amines) is 1. The van der Waals surface area contributed by atoms with Crippen molar-refractivity contribution in [1.82, 2.24) is 15.3 Å². The number of hydrogen-bond acceptors (Lipinski definition) is 7. The van der Waals surface area contributed by atoms with Gasteiger partial charge in [0.2, 0.25) is 0 Å². The summed E-state index contributed by atoms with van der Waals surface area (Å²) in [5.74, 6) is 0.607. The Labute approximate surface area is 206 Å². The average molecular weight is 476 g/mol. The highest BCUT2D eigenvalue weighted by Crippen LogP contribution is 2.30. The van der Waals surface area contributed by atoms with E-state index in [4.69, 9.17) is 5.73 Å². The molecule has 1 amide bonds. The third kappa shape index (κ3) is 6.77. The quantitative estimate of drug-likeness (QED) is 0.104. The first kappa shape index (κ1) is 25.6. The fourth-order valence-corrected chi connectivity index (χ4v) is 4.10. The smallest absolute Gasteiger partial charge is 0.256 e. The highest BCUT2D eigenvalue weighted by Gasteiger charge is 2.27. The Hall–Kier alpha value is -3.98. The van der Waals surface area contributed by atoms with Gasteiger partial charge < -0.3 is 26.7 Å². The summed E-state index contributed by atoms with van der Waals surface area (Å²) in [5.41, 5.74) is 12.0. The van der Waals surface area contributed by atoms with Crippen molar-refractivity contribution in [2.45, 2.75) is 19.8 Å². The largest absolute Gasteiger partial charge is 0.381 e. The molecule has 35 heavy (non-hydrogen) atoms. The van der Waals surface area contributed by atoms with Gasteiger partial charge in [0, 0.05) is 36.6 Å². The number of nitrogens with zero attached hydrogens (tertiary/aromatic N) is 3. The molecule has 0 saturated carbocycles. The molecule has 0 spiro atoms. The number of aromatic nitrogens is 1. The number of aldehydes is 1. The van der Waals surface area contributed by atoms with Gasteiger partial charge in [0.25, 0.3) is 5.91 Å². The zero-order valence-corrected chi connectivity index (χ0v) is 20.4.